The van der Waals surface area contributed by atoms with Gasteiger partial charge in [0.05, 0.1) is 0 Å². The van der Waals surface area contributed by atoms with Crippen LogP contribution < -0.4 is 10.2 Å². The summed E-state index contributed by atoms with van der Waals surface area (Å²) < 4.78 is 13.8. The predicted octanol–water partition coefficient (Wildman–Crippen LogP) is 4.70. The molecule has 0 atom stereocenters. The van der Waals surface area contributed by atoms with Crippen LogP contribution in [0.15, 0.2) is 66.9 Å². The lowest BCUT2D eigenvalue weighted by Crippen LogP contribution is -2.08. The summed E-state index contributed by atoms with van der Waals surface area (Å²) in [6.45, 7) is 0. The van der Waals surface area contributed by atoms with Gasteiger partial charge in [0.15, 0.2) is 0 Å². The highest BCUT2D eigenvalue weighted by Gasteiger charge is 2.05. The van der Waals surface area contributed by atoms with Crippen molar-refractivity contribution in [2.75, 3.05) is 24.3 Å². The van der Waals surface area contributed by atoms with Crippen molar-refractivity contribution < 1.29 is 4.39 Å². The van der Waals surface area contributed by atoms with Gasteiger partial charge in [0.1, 0.15) is 11.6 Å². The van der Waals surface area contributed by atoms with Gasteiger partial charge in [-0.2, -0.15) is 0 Å². The van der Waals surface area contributed by atoms with Crippen molar-refractivity contribution in [2.24, 2.45) is 0 Å². The van der Waals surface area contributed by atoms with Gasteiger partial charge in [0, 0.05) is 42.8 Å². The van der Waals surface area contributed by atoms with Gasteiger partial charge < -0.3 is 10.2 Å². The molecule has 0 bridgehead atoms. The number of hydrogen-bond acceptors (Lipinski definition) is 3. The van der Waals surface area contributed by atoms with E-state index in [2.05, 4.69) is 10.3 Å². The number of aromatic nitrogens is 1. The van der Waals surface area contributed by atoms with Crippen LogP contribution in [0.2, 0.25) is 0 Å². The molecule has 1 aromatic heterocycles. The Morgan fingerprint density at radius 2 is 1.78 bits per heavy atom. The Kier molecular flexibility index (Phi) is 4.24. The third kappa shape index (κ3) is 3.48. The topological polar surface area (TPSA) is 28.2 Å². The lowest BCUT2D eigenvalue weighted by Gasteiger charge is -2.14. The first-order valence-corrected chi connectivity index (χ1v) is 7.39. The number of anilines is 3. The second-order valence-corrected chi connectivity index (χ2v) is 5.48. The average molecular weight is 307 g/mol. The van der Waals surface area contributed by atoms with E-state index in [1.807, 2.05) is 61.5 Å². The highest BCUT2D eigenvalue weighted by molar-refractivity contribution is 5.67. The largest absolute Gasteiger partial charge is 0.378 e. The monoisotopic (exact) mass is 307 g/mol. The minimum Gasteiger partial charge on any atom is -0.378 e. The summed E-state index contributed by atoms with van der Waals surface area (Å²) in [5.74, 6) is 0.481. The van der Waals surface area contributed by atoms with Crippen molar-refractivity contribution in [3.05, 3.63) is 72.7 Å². The molecule has 0 radical (unpaired) electrons. The van der Waals surface area contributed by atoms with Crippen molar-refractivity contribution in [1.29, 1.82) is 0 Å². The molecular weight excluding hydrogens is 289 g/mol. The fraction of sp³-hybridized carbons (Fsp3) is 0.105. The van der Waals surface area contributed by atoms with Crippen molar-refractivity contribution in [3.63, 3.8) is 0 Å². The Morgan fingerprint density at radius 1 is 0.957 bits per heavy atom. The second-order valence-electron chi connectivity index (χ2n) is 5.48. The highest BCUT2D eigenvalue weighted by atomic mass is 19.1. The Morgan fingerprint density at radius 3 is 2.48 bits per heavy atom. The van der Waals surface area contributed by atoms with Crippen molar-refractivity contribution >= 4 is 17.2 Å². The quantitative estimate of drug-likeness (QED) is 0.757. The fourth-order valence-corrected chi connectivity index (χ4v) is 2.33. The van der Waals surface area contributed by atoms with Crippen LogP contribution >= 0.6 is 0 Å². The number of rotatable bonds is 4. The number of nitrogens with one attached hydrogen (secondary N) is 1. The summed E-state index contributed by atoms with van der Waals surface area (Å²) in [4.78, 5) is 6.42. The molecule has 4 heteroatoms. The molecule has 0 saturated heterocycles. The Bertz CT molecular complexity index is 798. The molecule has 0 unspecified atom stereocenters. The molecule has 1 heterocycles. The molecule has 0 spiro atoms. The lowest BCUT2D eigenvalue weighted by atomic mass is 10.1. The lowest BCUT2D eigenvalue weighted by molar-refractivity contribution is 0.631. The van der Waals surface area contributed by atoms with E-state index in [4.69, 9.17) is 0 Å². The SMILES string of the molecule is CN(C)c1cccc(Nc2ccc(-c3ccccc3F)cn2)c1. The van der Waals surface area contributed by atoms with Crippen LogP contribution in [0.3, 0.4) is 0 Å². The molecule has 3 aromatic rings. The van der Waals surface area contributed by atoms with E-state index in [0.717, 1.165) is 22.8 Å². The predicted molar refractivity (Wildman–Crippen MR) is 93.7 cm³/mol. The maximum atomic E-state index is 13.8. The smallest absolute Gasteiger partial charge is 0.131 e. The number of halogens is 1. The fourth-order valence-electron chi connectivity index (χ4n) is 2.33. The molecule has 0 aliphatic carbocycles. The highest BCUT2D eigenvalue weighted by Crippen LogP contribution is 2.24. The first-order chi connectivity index (χ1) is 11.1. The maximum Gasteiger partial charge on any atom is 0.131 e. The van der Waals surface area contributed by atoms with E-state index in [-0.39, 0.29) is 5.82 Å². The number of hydrogen-bond donors (Lipinski definition) is 1. The van der Waals surface area contributed by atoms with Crippen molar-refractivity contribution in [2.45, 2.75) is 0 Å². The summed E-state index contributed by atoms with van der Waals surface area (Å²) >= 11 is 0. The Hall–Kier alpha value is -2.88. The van der Waals surface area contributed by atoms with Gasteiger partial charge in [0.25, 0.3) is 0 Å². The molecule has 1 N–H and O–H groups in total. The Labute approximate surface area is 135 Å². The molecule has 0 aliphatic rings. The third-order valence-electron chi connectivity index (χ3n) is 3.58. The van der Waals surface area contributed by atoms with Crippen LogP contribution in [0.25, 0.3) is 11.1 Å². The van der Waals surface area contributed by atoms with Crippen molar-refractivity contribution in [1.82, 2.24) is 4.98 Å². The molecule has 3 rings (SSSR count). The zero-order valence-electron chi connectivity index (χ0n) is 13.1. The van der Waals surface area contributed by atoms with Gasteiger partial charge >= 0.3 is 0 Å². The van der Waals surface area contributed by atoms with Crippen LogP contribution in [0.4, 0.5) is 21.6 Å². The van der Waals surface area contributed by atoms with Crippen LogP contribution in [0, 0.1) is 5.82 Å². The summed E-state index contributed by atoms with van der Waals surface area (Å²) in [5, 5.41) is 3.26. The number of nitrogens with zero attached hydrogens (tertiary/aromatic N) is 2. The zero-order chi connectivity index (χ0) is 16.2. The van der Waals surface area contributed by atoms with Crippen LogP contribution in [0.1, 0.15) is 0 Å². The number of benzene rings is 2. The average Bonchev–Trinajstić information content (AvgIpc) is 2.56. The van der Waals surface area contributed by atoms with E-state index in [9.17, 15) is 4.39 Å². The van der Waals surface area contributed by atoms with Crippen LogP contribution in [-0.2, 0) is 0 Å². The van der Waals surface area contributed by atoms with Gasteiger partial charge in [-0.1, -0.05) is 24.3 Å². The minimum atomic E-state index is -0.242. The normalized spacial score (nSPS) is 10.4. The van der Waals surface area contributed by atoms with E-state index < -0.39 is 0 Å². The van der Waals surface area contributed by atoms with Gasteiger partial charge in [-0.3, -0.25) is 0 Å². The molecule has 0 saturated carbocycles. The molecule has 0 amide bonds. The molecule has 0 fully saturated rings. The number of pyridine rings is 1. The zero-order valence-corrected chi connectivity index (χ0v) is 13.1. The summed E-state index contributed by atoms with van der Waals surface area (Å²) in [6.07, 6.45) is 1.68. The summed E-state index contributed by atoms with van der Waals surface area (Å²) in [7, 11) is 4.00. The molecule has 3 nitrogen and oxygen atoms in total. The van der Waals surface area contributed by atoms with E-state index >= 15 is 0 Å². The first kappa shape index (κ1) is 15.0. The van der Waals surface area contributed by atoms with Gasteiger partial charge in [0.2, 0.25) is 0 Å². The minimum absolute atomic E-state index is 0.242. The molecule has 23 heavy (non-hydrogen) atoms. The molecule has 0 aliphatic heterocycles. The van der Waals surface area contributed by atoms with Gasteiger partial charge in [-0.25, -0.2) is 9.37 Å². The second kappa shape index (κ2) is 6.48. The van der Waals surface area contributed by atoms with Crippen molar-refractivity contribution in [3.8, 4) is 11.1 Å². The summed E-state index contributed by atoms with van der Waals surface area (Å²) in [5.41, 5.74) is 3.39. The van der Waals surface area contributed by atoms with Crippen LogP contribution in [-0.4, -0.2) is 19.1 Å². The van der Waals surface area contributed by atoms with E-state index in [1.54, 1.807) is 18.3 Å². The molecular formula is C19H18FN3. The van der Waals surface area contributed by atoms with Gasteiger partial charge in [-0.15, -0.1) is 0 Å². The standard InChI is InChI=1S/C19H18FN3/c1-23(2)16-7-5-6-15(12-16)22-19-11-10-14(13-21-19)17-8-3-4-9-18(17)20/h3-13H,1-2H3,(H,21,22). The summed E-state index contributed by atoms with van der Waals surface area (Å²) in [6, 6.07) is 18.5. The third-order valence-corrected chi connectivity index (χ3v) is 3.58. The van der Waals surface area contributed by atoms with Gasteiger partial charge in [-0.05, 0) is 36.4 Å². The maximum absolute atomic E-state index is 13.8. The molecule has 2 aromatic carbocycles. The van der Waals surface area contributed by atoms with Crippen LogP contribution in [0.5, 0.6) is 0 Å². The first-order valence-electron chi connectivity index (χ1n) is 7.39. The molecule has 116 valence electrons. The Balaban J connectivity index is 1.80. The van der Waals surface area contributed by atoms with E-state index in [0.29, 0.717) is 5.56 Å². The van der Waals surface area contributed by atoms with E-state index in [1.165, 1.54) is 6.07 Å².